The first-order chi connectivity index (χ1) is 8.29. The van der Waals surface area contributed by atoms with Gasteiger partial charge in [-0.3, -0.25) is 0 Å². The summed E-state index contributed by atoms with van der Waals surface area (Å²) in [6.45, 7) is 5.91. The Morgan fingerprint density at radius 1 is 1.33 bits per heavy atom. The molecule has 0 aromatic heterocycles. The third-order valence-corrected chi connectivity index (χ3v) is 2.95. The summed E-state index contributed by atoms with van der Waals surface area (Å²) < 4.78 is 5.12. The van der Waals surface area contributed by atoms with Gasteiger partial charge in [0.2, 0.25) is 0 Å². The molecule has 100 valence electrons. The highest BCUT2D eigenvalue weighted by molar-refractivity contribution is 6.42. The van der Waals surface area contributed by atoms with Crippen LogP contribution in [0.15, 0.2) is 18.2 Å². The van der Waals surface area contributed by atoms with Gasteiger partial charge in [0, 0.05) is 6.54 Å². The van der Waals surface area contributed by atoms with Crippen LogP contribution in [0, 0.1) is 0 Å². The number of carbonyl (C=O) groups excluding carboxylic acids is 1. The van der Waals surface area contributed by atoms with E-state index in [9.17, 15) is 4.79 Å². The van der Waals surface area contributed by atoms with E-state index in [2.05, 4.69) is 5.32 Å². The standard InChI is InChI=1S/C13H17Cl2NO2/c1-13(2,3)18-12(17)16-8-7-9-5-4-6-10(14)11(9)15/h4-6H,7-8H2,1-3H3,(H,16,17). The fourth-order valence-corrected chi connectivity index (χ4v) is 1.77. The summed E-state index contributed by atoms with van der Waals surface area (Å²) in [5, 5.41) is 3.72. The second kappa shape index (κ2) is 6.30. The van der Waals surface area contributed by atoms with Crippen molar-refractivity contribution < 1.29 is 9.53 Å². The van der Waals surface area contributed by atoms with Crippen LogP contribution in [-0.4, -0.2) is 18.2 Å². The Balaban J connectivity index is 2.43. The molecule has 0 radical (unpaired) electrons. The first kappa shape index (κ1) is 15.1. The summed E-state index contributed by atoms with van der Waals surface area (Å²) in [7, 11) is 0. The molecule has 0 saturated carbocycles. The third-order valence-electron chi connectivity index (χ3n) is 2.09. The summed E-state index contributed by atoms with van der Waals surface area (Å²) in [4.78, 5) is 11.4. The first-order valence-electron chi connectivity index (χ1n) is 5.69. The van der Waals surface area contributed by atoms with Crippen LogP contribution >= 0.6 is 23.2 Å². The molecule has 1 N–H and O–H groups in total. The van der Waals surface area contributed by atoms with Crippen molar-refractivity contribution in [3.8, 4) is 0 Å². The molecule has 0 heterocycles. The number of hydrogen-bond donors (Lipinski definition) is 1. The number of nitrogens with one attached hydrogen (secondary N) is 1. The Hall–Kier alpha value is -0.930. The minimum absolute atomic E-state index is 0.430. The van der Waals surface area contributed by atoms with Crippen molar-refractivity contribution in [2.45, 2.75) is 32.8 Å². The largest absolute Gasteiger partial charge is 0.444 e. The Kier molecular flexibility index (Phi) is 5.29. The van der Waals surface area contributed by atoms with Crippen molar-refractivity contribution in [2.75, 3.05) is 6.54 Å². The lowest BCUT2D eigenvalue weighted by atomic mass is 10.1. The van der Waals surface area contributed by atoms with Crippen molar-refractivity contribution >= 4 is 29.3 Å². The van der Waals surface area contributed by atoms with E-state index in [4.69, 9.17) is 27.9 Å². The molecule has 3 nitrogen and oxygen atoms in total. The molecular formula is C13H17Cl2NO2. The number of alkyl carbamates (subject to hydrolysis) is 1. The Bertz CT molecular complexity index is 427. The molecule has 0 spiro atoms. The number of hydrogen-bond acceptors (Lipinski definition) is 2. The van der Waals surface area contributed by atoms with Crippen molar-refractivity contribution in [1.82, 2.24) is 5.32 Å². The highest BCUT2D eigenvalue weighted by atomic mass is 35.5. The molecule has 0 aliphatic heterocycles. The van der Waals surface area contributed by atoms with E-state index < -0.39 is 11.7 Å². The van der Waals surface area contributed by atoms with E-state index in [1.165, 1.54) is 0 Å². The van der Waals surface area contributed by atoms with Crippen LogP contribution < -0.4 is 5.32 Å². The summed E-state index contributed by atoms with van der Waals surface area (Å²) in [6, 6.07) is 5.44. The van der Waals surface area contributed by atoms with Gasteiger partial charge in [-0.2, -0.15) is 0 Å². The van der Waals surface area contributed by atoms with Crippen LogP contribution in [-0.2, 0) is 11.2 Å². The van der Waals surface area contributed by atoms with Crippen LogP contribution in [0.5, 0.6) is 0 Å². The van der Waals surface area contributed by atoms with Gasteiger partial charge >= 0.3 is 6.09 Å². The van der Waals surface area contributed by atoms with Gasteiger partial charge < -0.3 is 10.1 Å². The highest BCUT2D eigenvalue weighted by Crippen LogP contribution is 2.25. The lowest BCUT2D eigenvalue weighted by Gasteiger charge is -2.19. The molecule has 1 rings (SSSR count). The van der Waals surface area contributed by atoms with Gasteiger partial charge in [-0.05, 0) is 38.8 Å². The smallest absolute Gasteiger partial charge is 0.407 e. The summed E-state index contributed by atoms with van der Waals surface area (Å²) in [5.74, 6) is 0. The van der Waals surface area contributed by atoms with Crippen molar-refractivity contribution in [2.24, 2.45) is 0 Å². The SMILES string of the molecule is CC(C)(C)OC(=O)NCCc1cccc(Cl)c1Cl. The molecule has 1 aromatic carbocycles. The maximum Gasteiger partial charge on any atom is 0.407 e. The molecule has 1 aromatic rings. The predicted molar refractivity (Wildman–Crippen MR) is 74.4 cm³/mol. The quantitative estimate of drug-likeness (QED) is 0.911. The molecule has 0 saturated heterocycles. The molecular weight excluding hydrogens is 273 g/mol. The van der Waals surface area contributed by atoms with E-state index in [1.807, 2.05) is 32.9 Å². The third kappa shape index (κ3) is 5.15. The van der Waals surface area contributed by atoms with Crippen LogP contribution in [0.4, 0.5) is 4.79 Å². The summed E-state index contributed by atoms with van der Waals surface area (Å²) in [6.07, 6.45) is 0.180. The summed E-state index contributed by atoms with van der Waals surface area (Å²) in [5.41, 5.74) is 0.415. The average molecular weight is 290 g/mol. The molecule has 0 aliphatic carbocycles. The predicted octanol–water partition coefficient (Wildman–Crippen LogP) is 4.06. The van der Waals surface area contributed by atoms with Gasteiger partial charge in [0.25, 0.3) is 0 Å². The number of amides is 1. The molecule has 1 amide bonds. The van der Waals surface area contributed by atoms with E-state index in [0.717, 1.165) is 5.56 Å². The van der Waals surface area contributed by atoms with Crippen LogP contribution in [0.2, 0.25) is 10.0 Å². The van der Waals surface area contributed by atoms with Gasteiger partial charge in [0.15, 0.2) is 0 Å². The number of benzene rings is 1. The maximum atomic E-state index is 11.4. The lowest BCUT2D eigenvalue weighted by molar-refractivity contribution is 0.0528. The minimum atomic E-state index is -0.488. The van der Waals surface area contributed by atoms with E-state index >= 15 is 0 Å². The Morgan fingerprint density at radius 3 is 2.61 bits per heavy atom. The van der Waals surface area contributed by atoms with Crippen LogP contribution in [0.1, 0.15) is 26.3 Å². The van der Waals surface area contributed by atoms with E-state index in [0.29, 0.717) is 23.0 Å². The zero-order valence-electron chi connectivity index (χ0n) is 10.7. The van der Waals surface area contributed by atoms with Gasteiger partial charge in [0.1, 0.15) is 5.60 Å². The van der Waals surface area contributed by atoms with Crippen molar-refractivity contribution in [1.29, 1.82) is 0 Å². The number of carbonyl (C=O) groups is 1. The topological polar surface area (TPSA) is 38.3 Å². The monoisotopic (exact) mass is 289 g/mol. The molecule has 5 heteroatoms. The lowest BCUT2D eigenvalue weighted by Crippen LogP contribution is -2.33. The van der Waals surface area contributed by atoms with E-state index in [1.54, 1.807) is 6.07 Å². The first-order valence-corrected chi connectivity index (χ1v) is 6.45. The van der Waals surface area contributed by atoms with Crippen LogP contribution in [0.3, 0.4) is 0 Å². The second-order valence-electron chi connectivity index (χ2n) is 4.89. The van der Waals surface area contributed by atoms with Crippen LogP contribution in [0.25, 0.3) is 0 Å². The molecule has 0 bridgehead atoms. The highest BCUT2D eigenvalue weighted by Gasteiger charge is 2.15. The van der Waals surface area contributed by atoms with Gasteiger partial charge in [0.05, 0.1) is 10.0 Å². The zero-order valence-corrected chi connectivity index (χ0v) is 12.2. The molecule has 0 aliphatic rings. The zero-order chi connectivity index (χ0) is 13.8. The molecule has 0 fully saturated rings. The van der Waals surface area contributed by atoms with Gasteiger partial charge in [-0.1, -0.05) is 35.3 Å². The average Bonchev–Trinajstić information content (AvgIpc) is 2.21. The van der Waals surface area contributed by atoms with E-state index in [-0.39, 0.29) is 0 Å². The summed E-state index contributed by atoms with van der Waals surface area (Å²) >= 11 is 11.9. The molecule has 0 atom stereocenters. The Labute approximate surface area is 117 Å². The fraction of sp³-hybridized carbons (Fsp3) is 0.462. The number of rotatable bonds is 3. The maximum absolute atomic E-state index is 11.4. The Morgan fingerprint density at radius 2 is 2.00 bits per heavy atom. The normalized spacial score (nSPS) is 11.2. The number of ether oxygens (including phenoxy) is 1. The van der Waals surface area contributed by atoms with Gasteiger partial charge in [-0.25, -0.2) is 4.79 Å². The molecule has 0 unspecified atom stereocenters. The molecule has 18 heavy (non-hydrogen) atoms. The second-order valence-corrected chi connectivity index (χ2v) is 5.68. The fourth-order valence-electron chi connectivity index (χ4n) is 1.35. The van der Waals surface area contributed by atoms with Gasteiger partial charge in [-0.15, -0.1) is 0 Å². The minimum Gasteiger partial charge on any atom is -0.444 e. The van der Waals surface area contributed by atoms with Crippen molar-refractivity contribution in [3.05, 3.63) is 33.8 Å². The van der Waals surface area contributed by atoms with Crippen molar-refractivity contribution in [3.63, 3.8) is 0 Å². The number of halogens is 2.